The van der Waals surface area contributed by atoms with E-state index in [2.05, 4.69) is 37.3 Å². The van der Waals surface area contributed by atoms with Gasteiger partial charge in [0.25, 0.3) is 0 Å². The smallest absolute Gasteiger partial charge is 0.222 e. The van der Waals surface area contributed by atoms with Crippen molar-refractivity contribution in [2.45, 2.75) is 26.4 Å². The molecule has 0 unspecified atom stereocenters. The highest BCUT2D eigenvalue weighted by Crippen LogP contribution is 2.31. The van der Waals surface area contributed by atoms with Crippen molar-refractivity contribution in [2.75, 3.05) is 25.5 Å². The maximum absolute atomic E-state index is 5.67. The second-order valence-electron chi connectivity index (χ2n) is 6.35. The fourth-order valence-corrected chi connectivity index (χ4v) is 3.46. The zero-order valence-corrected chi connectivity index (χ0v) is 14.7. The van der Waals surface area contributed by atoms with Crippen molar-refractivity contribution >= 4 is 16.9 Å². The summed E-state index contributed by atoms with van der Waals surface area (Å²) in [5.41, 5.74) is 5.06. The Kier molecular flexibility index (Phi) is 4.28. The highest BCUT2D eigenvalue weighted by molar-refractivity contribution is 5.86. The van der Waals surface area contributed by atoms with Crippen LogP contribution in [0, 0.1) is 0 Å². The summed E-state index contributed by atoms with van der Waals surface area (Å²) in [6, 6.07) is 6.31. The molecule has 130 valence electrons. The van der Waals surface area contributed by atoms with Gasteiger partial charge < -0.3 is 15.0 Å². The lowest BCUT2D eigenvalue weighted by atomic mass is 10.0. The van der Waals surface area contributed by atoms with Gasteiger partial charge in [-0.05, 0) is 30.7 Å². The van der Waals surface area contributed by atoms with Gasteiger partial charge in [0, 0.05) is 67.7 Å². The number of benzene rings is 1. The zero-order chi connectivity index (χ0) is 17.2. The molecule has 0 saturated carbocycles. The summed E-state index contributed by atoms with van der Waals surface area (Å²) in [4.78, 5) is 14.6. The van der Waals surface area contributed by atoms with Crippen LogP contribution in [0.15, 0.2) is 30.6 Å². The molecule has 3 heterocycles. The molecule has 0 radical (unpaired) electrons. The molecule has 2 N–H and O–H groups in total. The predicted octanol–water partition coefficient (Wildman–Crippen LogP) is 2.96. The van der Waals surface area contributed by atoms with Gasteiger partial charge in [-0.2, -0.15) is 0 Å². The maximum Gasteiger partial charge on any atom is 0.222 e. The van der Waals surface area contributed by atoms with Crippen LogP contribution in [0.1, 0.15) is 23.7 Å². The first-order valence-corrected chi connectivity index (χ1v) is 8.74. The average molecular weight is 337 g/mol. The molecule has 6 nitrogen and oxygen atoms in total. The van der Waals surface area contributed by atoms with Gasteiger partial charge >= 0.3 is 0 Å². The number of rotatable bonds is 5. The summed E-state index contributed by atoms with van der Waals surface area (Å²) in [5, 5.41) is 4.22. The van der Waals surface area contributed by atoms with E-state index >= 15 is 0 Å². The number of hydrogen-bond donors (Lipinski definition) is 2. The van der Waals surface area contributed by atoms with Crippen LogP contribution in [-0.2, 0) is 19.5 Å². The monoisotopic (exact) mass is 337 g/mol. The SMILES string of the molecule is CCOc1ccc2[nH]c3c(c2c1)CN(Cc1cnc(NC)nc1)CC3. The van der Waals surface area contributed by atoms with Gasteiger partial charge in [0.05, 0.1) is 6.61 Å². The second-order valence-corrected chi connectivity index (χ2v) is 6.35. The molecule has 1 aliphatic heterocycles. The summed E-state index contributed by atoms with van der Waals surface area (Å²) in [6.45, 7) is 5.53. The van der Waals surface area contributed by atoms with E-state index in [1.54, 1.807) is 0 Å². The molecule has 2 aromatic heterocycles. The molecule has 0 aliphatic carbocycles. The first-order valence-electron chi connectivity index (χ1n) is 8.74. The molecule has 6 heteroatoms. The van der Waals surface area contributed by atoms with Gasteiger partial charge in [-0.3, -0.25) is 4.90 Å². The van der Waals surface area contributed by atoms with Gasteiger partial charge in [0.2, 0.25) is 5.95 Å². The molecule has 4 rings (SSSR count). The summed E-state index contributed by atoms with van der Waals surface area (Å²) in [7, 11) is 1.83. The Morgan fingerprint density at radius 1 is 1.28 bits per heavy atom. The highest BCUT2D eigenvalue weighted by atomic mass is 16.5. The minimum Gasteiger partial charge on any atom is -0.494 e. The van der Waals surface area contributed by atoms with Crippen molar-refractivity contribution in [3.8, 4) is 5.75 Å². The number of fused-ring (bicyclic) bond motifs is 3. The molecule has 0 spiro atoms. The largest absolute Gasteiger partial charge is 0.494 e. The van der Waals surface area contributed by atoms with Crippen molar-refractivity contribution < 1.29 is 4.74 Å². The van der Waals surface area contributed by atoms with Crippen LogP contribution < -0.4 is 10.1 Å². The Morgan fingerprint density at radius 2 is 2.12 bits per heavy atom. The van der Waals surface area contributed by atoms with Crippen LogP contribution >= 0.6 is 0 Å². The van der Waals surface area contributed by atoms with Gasteiger partial charge in [0.1, 0.15) is 5.75 Å². The molecule has 3 aromatic rings. The van der Waals surface area contributed by atoms with Crippen LogP contribution in [0.3, 0.4) is 0 Å². The maximum atomic E-state index is 5.67. The quantitative estimate of drug-likeness (QED) is 0.749. The minimum atomic E-state index is 0.657. The molecule has 0 fully saturated rings. The van der Waals surface area contributed by atoms with E-state index in [1.807, 2.05) is 32.4 Å². The number of anilines is 1. The van der Waals surface area contributed by atoms with E-state index in [1.165, 1.54) is 22.2 Å². The lowest BCUT2D eigenvalue weighted by Crippen LogP contribution is -2.29. The number of nitrogens with zero attached hydrogens (tertiary/aromatic N) is 3. The van der Waals surface area contributed by atoms with Crippen LogP contribution in [-0.4, -0.2) is 40.1 Å². The van der Waals surface area contributed by atoms with E-state index in [9.17, 15) is 0 Å². The number of aromatic amines is 1. The fraction of sp³-hybridized carbons (Fsp3) is 0.368. The minimum absolute atomic E-state index is 0.657. The Balaban J connectivity index is 1.56. The molecule has 0 bridgehead atoms. The van der Waals surface area contributed by atoms with Crippen LogP contribution in [0.4, 0.5) is 5.95 Å². The van der Waals surface area contributed by atoms with Crippen molar-refractivity contribution in [1.82, 2.24) is 19.9 Å². The first kappa shape index (κ1) is 15.9. The van der Waals surface area contributed by atoms with E-state index in [0.717, 1.165) is 37.4 Å². The lowest BCUT2D eigenvalue weighted by Gasteiger charge is -2.27. The third kappa shape index (κ3) is 3.17. The van der Waals surface area contributed by atoms with Crippen molar-refractivity contribution in [1.29, 1.82) is 0 Å². The number of H-pyrrole nitrogens is 1. The van der Waals surface area contributed by atoms with Gasteiger partial charge in [0.15, 0.2) is 0 Å². The van der Waals surface area contributed by atoms with Gasteiger partial charge in [-0.15, -0.1) is 0 Å². The van der Waals surface area contributed by atoms with E-state index in [-0.39, 0.29) is 0 Å². The zero-order valence-electron chi connectivity index (χ0n) is 14.7. The molecule has 0 amide bonds. The first-order chi connectivity index (χ1) is 12.3. The Morgan fingerprint density at radius 3 is 2.88 bits per heavy atom. The number of aromatic nitrogens is 3. The van der Waals surface area contributed by atoms with E-state index in [4.69, 9.17) is 4.74 Å². The number of ether oxygens (including phenoxy) is 1. The molecule has 0 saturated heterocycles. The molecule has 1 aliphatic rings. The predicted molar refractivity (Wildman–Crippen MR) is 98.9 cm³/mol. The summed E-state index contributed by atoms with van der Waals surface area (Å²) in [6.07, 6.45) is 4.83. The van der Waals surface area contributed by atoms with Gasteiger partial charge in [-0.25, -0.2) is 9.97 Å². The van der Waals surface area contributed by atoms with E-state index in [0.29, 0.717) is 12.6 Å². The van der Waals surface area contributed by atoms with Crippen molar-refractivity contribution in [2.24, 2.45) is 0 Å². The molecular formula is C19H23N5O. The fourth-order valence-electron chi connectivity index (χ4n) is 3.46. The normalized spacial score (nSPS) is 14.5. The third-order valence-electron chi connectivity index (χ3n) is 4.67. The Hall–Kier alpha value is -2.60. The third-order valence-corrected chi connectivity index (χ3v) is 4.67. The summed E-state index contributed by atoms with van der Waals surface area (Å²) < 4.78 is 5.67. The number of nitrogens with one attached hydrogen (secondary N) is 2. The van der Waals surface area contributed by atoms with Gasteiger partial charge in [-0.1, -0.05) is 0 Å². The summed E-state index contributed by atoms with van der Waals surface area (Å²) >= 11 is 0. The van der Waals surface area contributed by atoms with Crippen molar-refractivity contribution in [3.05, 3.63) is 47.4 Å². The molecule has 0 atom stereocenters. The number of hydrogen-bond acceptors (Lipinski definition) is 5. The Labute approximate surface area is 147 Å². The molecule has 1 aromatic carbocycles. The van der Waals surface area contributed by atoms with Crippen LogP contribution in [0.2, 0.25) is 0 Å². The van der Waals surface area contributed by atoms with E-state index < -0.39 is 0 Å². The standard InChI is InChI=1S/C19H23N5O/c1-3-25-14-4-5-17-15(8-14)16-12-24(7-6-18(16)23-17)11-13-9-21-19(20-2)22-10-13/h4-5,8-10,23H,3,6-7,11-12H2,1-2H3,(H,20,21,22). The Bertz CT molecular complexity index is 871. The highest BCUT2D eigenvalue weighted by Gasteiger charge is 2.21. The lowest BCUT2D eigenvalue weighted by molar-refractivity contribution is 0.245. The van der Waals surface area contributed by atoms with Crippen LogP contribution in [0.25, 0.3) is 10.9 Å². The van der Waals surface area contributed by atoms with Crippen LogP contribution in [0.5, 0.6) is 5.75 Å². The summed E-state index contributed by atoms with van der Waals surface area (Å²) in [5.74, 6) is 1.59. The topological polar surface area (TPSA) is 66.1 Å². The average Bonchev–Trinajstić information content (AvgIpc) is 3.00. The molecular weight excluding hydrogens is 314 g/mol. The molecule has 25 heavy (non-hydrogen) atoms. The van der Waals surface area contributed by atoms with Crippen molar-refractivity contribution in [3.63, 3.8) is 0 Å². The second kappa shape index (κ2) is 6.72.